The van der Waals surface area contributed by atoms with E-state index in [1.807, 2.05) is 49.3 Å². The summed E-state index contributed by atoms with van der Waals surface area (Å²) in [5.41, 5.74) is 1.08. The van der Waals surface area contributed by atoms with Crippen LogP contribution in [0, 0.1) is 0 Å². The molecule has 3 nitrogen and oxygen atoms in total. The van der Waals surface area contributed by atoms with E-state index in [0.717, 1.165) is 24.8 Å². The number of nitrogens with zero attached hydrogens (tertiary/aromatic N) is 2. The van der Waals surface area contributed by atoms with E-state index in [-0.39, 0.29) is 11.9 Å². The Bertz CT molecular complexity index is 444. The Balaban J connectivity index is 2.28. The van der Waals surface area contributed by atoms with Crippen molar-refractivity contribution in [3.63, 3.8) is 0 Å². The van der Waals surface area contributed by atoms with Crippen LogP contribution in [0.3, 0.4) is 0 Å². The van der Waals surface area contributed by atoms with Gasteiger partial charge in [0, 0.05) is 12.1 Å². The third-order valence-electron chi connectivity index (χ3n) is 4.38. The van der Waals surface area contributed by atoms with Gasteiger partial charge in [0.2, 0.25) is 5.91 Å². The number of likely N-dealkylation sites (N-methyl/N-ethyl adjacent to an activating group) is 1. The minimum atomic E-state index is -0.175. The Kier molecular flexibility index (Phi) is 4.81. The molecule has 0 aromatic heterocycles. The summed E-state index contributed by atoms with van der Waals surface area (Å²) >= 11 is 0. The van der Waals surface area contributed by atoms with Crippen molar-refractivity contribution in [1.29, 1.82) is 0 Å². The van der Waals surface area contributed by atoms with Crippen molar-refractivity contribution in [1.82, 2.24) is 9.80 Å². The molecule has 0 saturated carbocycles. The van der Waals surface area contributed by atoms with Crippen LogP contribution in [-0.4, -0.2) is 41.9 Å². The van der Waals surface area contributed by atoms with E-state index in [2.05, 4.69) is 18.7 Å². The molecule has 0 N–H and O–H groups in total. The molecular formula is C17H26N2O. The summed E-state index contributed by atoms with van der Waals surface area (Å²) in [7, 11) is 3.97. The van der Waals surface area contributed by atoms with E-state index < -0.39 is 0 Å². The molecule has 1 aliphatic rings. The van der Waals surface area contributed by atoms with Crippen LogP contribution in [0.25, 0.3) is 0 Å². The van der Waals surface area contributed by atoms with E-state index in [1.165, 1.54) is 0 Å². The van der Waals surface area contributed by atoms with Gasteiger partial charge in [-0.15, -0.1) is 0 Å². The second-order valence-corrected chi connectivity index (χ2v) is 6.01. The van der Waals surface area contributed by atoms with E-state index in [9.17, 15) is 4.79 Å². The maximum atomic E-state index is 13.1. The Morgan fingerprint density at radius 3 is 2.50 bits per heavy atom. The molecule has 20 heavy (non-hydrogen) atoms. The highest BCUT2D eigenvalue weighted by Gasteiger charge is 2.37. The average Bonchev–Trinajstić information content (AvgIpc) is 2.80. The van der Waals surface area contributed by atoms with Crippen LogP contribution in [0.1, 0.15) is 44.7 Å². The molecular weight excluding hydrogens is 248 g/mol. The van der Waals surface area contributed by atoms with Crippen molar-refractivity contribution in [2.24, 2.45) is 0 Å². The molecule has 0 unspecified atom stereocenters. The number of amides is 1. The second kappa shape index (κ2) is 6.40. The molecule has 2 rings (SSSR count). The van der Waals surface area contributed by atoms with Gasteiger partial charge >= 0.3 is 0 Å². The fraction of sp³-hybridized carbons (Fsp3) is 0.588. The monoisotopic (exact) mass is 274 g/mol. The predicted octanol–water partition coefficient (Wildman–Crippen LogP) is 3.08. The minimum Gasteiger partial charge on any atom is -0.335 e. The van der Waals surface area contributed by atoms with Crippen molar-refractivity contribution < 1.29 is 4.79 Å². The first-order valence-electron chi connectivity index (χ1n) is 7.59. The molecule has 1 heterocycles. The molecule has 1 amide bonds. The highest BCUT2D eigenvalue weighted by atomic mass is 16.2. The first-order chi connectivity index (χ1) is 9.56. The summed E-state index contributed by atoms with van der Waals surface area (Å²) in [4.78, 5) is 17.2. The molecule has 1 aromatic rings. The number of benzene rings is 1. The second-order valence-electron chi connectivity index (χ2n) is 6.01. The fourth-order valence-electron chi connectivity index (χ4n) is 3.31. The van der Waals surface area contributed by atoms with Crippen molar-refractivity contribution in [3.05, 3.63) is 35.9 Å². The number of hydrogen-bond donors (Lipinski definition) is 0. The van der Waals surface area contributed by atoms with Gasteiger partial charge in [-0.1, -0.05) is 37.3 Å². The summed E-state index contributed by atoms with van der Waals surface area (Å²) < 4.78 is 0. The molecule has 0 radical (unpaired) electrons. The molecule has 1 saturated heterocycles. The van der Waals surface area contributed by atoms with Crippen LogP contribution in [0.2, 0.25) is 0 Å². The first kappa shape index (κ1) is 15.0. The molecule has 110 valence electrons. The largest absolute Gasteiger partial charge is 0.335 e. The summed E-state index contributed by atoms with van der Waals surface area (Å²) in [5.74, 6) is 0.248. The van der Waals surface area contributed by atoms with Gasteiger partial charge in [0.05, 0.1) is 0 Å². The van der Waals surface area contributed by atoms with Crippen LogP contribution in [0.4, 0.5) is 0 Å². The Hall–Kier alpha value is -1.35. The standard InChI is InChI=1S/C17H26N2O/c1-5-15-12-11-13(2)19(15)17(20)16(18(3)4)14-9-7-6-8-10-14/h6-10,13,15-16H,5,11-12H2,1-4H3/t13-,15-,16-/m1/s1. The van der Waals surface area contributed by atoms with E-state index in [1.54, 1.807) is 0 Å². The van der Waals surface area contributed by atoms with Crippen molar-refractivity contribution in [2.45, 2.75) is 51.2 Å². The van der Waals surface area contributed by atoms with Crippen LogP contribution < -0.4 is 0 Å². The molecule has 0 spiro atoms. The van der Waals surface area contributed by atoms with E-state index in [4.69, 9.17) is 0 Å². The van der Waals surface area contributed by atoms with Crippen molar-refractivity contribution in [2.75, 3.05) is 14.1 Å². The SMILES string of the molecule is CC[C@@H]1CC[C@@H](C)N1C(=O)[C@@H](c1ccccc1)N(C)C. The van der Waals surface area contributed by atoms with Gasteiger partial charge in [0.25, 0.3) is 0 Å². The first-order valence-corrected chi connectivity index (χ1v) is 7.59. The highest BCUT2D eigenvalue weighted by molar-refractivity contribution is 5.84. The van der Waals surface area contributed by atoms with E-state index in [0.29, 0.717) is 12.1 Å². The predicted molar refractivity (Wildman–Crippen MR) is 82.5 cm³/mol. The molecule has 3 atom stereocenters. The van der Waals surface area contributed by atoms with Gasteiger partial charge in [0.15, 0.2) is 0 Å². The normalized spacial score (nSPS) is 24.1. The Morgan fingerprint density at radius 1 is 1.30 bits per heavy atom. The molecule has 1 aliphatic heterocycles. The number of rotatable bonds is 4. The van der Waals surface area contributed by atoms with Gasteiger partial charge in [-0.05, 0) is 45.8 Å². The molecule has 1 fully saturated rings. The van der Waals surface area contributed by atoms with Crippen LogP contribution in [-0.2, 0) is 4.79 Å². The highest BCUT2D eigenvalue weighted by Crippen LogP contribution is 2.31. The molecule has 3 heteroatoms. The van der Waals surface area contributed by atoms with E-state index >= 15 is 0 Å². The number of carbonyl (C=O) groups is 1. The summed E-state index contributed by atoms with van der Waals surface area (Å²) in [6, 6.07) is 10.7. The number of likely N-dealkylation sites (tertiary alicyclic amines) is 1. The summed E-state index contributed by atoms with van der Waals surface area (Å²) in [5, 5.41) is 0. The van der Waals surface area contributed by atoms with Crippen LogP contribution >= 0.6 is 0 Å². The third-order valence-corrected chi connectivity index (χ3v) is 4.38. The van der Waals surface area contributed by atoms with Gasteiger partial charge in [-0.2, -0.15) is 0 Å². The lowest BCUT2D eigenvalue weighted by molar-refractivity contribution is -0.139. The summed E-state index contributed by atoms with van der Waals surface area (Å²) in [6.45, 7) is 4.35. The smallest absolute Gasteiger partial charge is 0.245 e. The maximum Gasteiger partial charge on any atom is 0.245 e. The van der Waals surface area contributed by atoms with Crippen molar-refractivity contribution >= 4 is 5.91 Å². The zero-order valence-electron chi connectivity index (χ0n) is 13.0. The lowest BCUT2D eigenvalue weighted by Crippen LogP contribution is -2.45. The zero-order valence-corrected chi connectivity index (χ0v) is 13.0. The van der Waals surface area contributed by atoms with Crippen LogP contribution in [0.5, 0.6) is 0 Å². The maximum absolute atomic E-state index is 13.1. The Labute approximate surface area is 122 Å². The molecule has 1 aromatic carbocycles. The number of carbonyl (C=O) groups excluding carboxylic acids is 1. The van der Waals surface area contributed by atoms with Crippen molar-refractivity contribution in [3.8, 4) is 0 Å². The average molecular weight is 274 g/mol. The van der Waals surface area contributed by atoms with Gasteiger partial charge in [-0.3, -0.25) is 9.69 Å². The van der Waals surface area contributed by atoms with Gasteiger partial charge in [0.1, 0.15) is 6.04 Å². The molecule has 0 aliphatic carbocycles. The zero-order chi connectivity index (χ0) is 14.7. The fourth-order valence-corrected chi connectivity index (χ4v) is 3.31. The third kappa shape index (κ3) is 2.88. The summed E-state index contributed by atoms with van der Waals surface area (Å²) in [6.07, 6.45) is 3.31. The number of hydrogen-bond acceptors (Lipinski definition) is 2. The quantitative estimate of drug-likeness (QED) is 0.842. The topological polar surface area (TPSA) is 23.6 Å². The molecule has 0 bridgehead atoms. The van der Waals surface area contributed by atoms with Crippen LogP contribution in [0.15, 0.2) is 30.3 Å². The van der Waals surface area contributed by atoms with Gasteiger partial charge in [-0.25, -0.2) is 0 Å². The lowest BCUT2D eigenvalue weighted by Gasteiger charge is -2.34. The minimum absolute atomic E-state index is 0.175. The Morgan fingerprint density at radius 2 is 1.95 bits per heavy atom. The van der Waals surface area contributed by atoms with Gasteiger partial charge < -0.3 is 4.90 Å². The lowest BCUT2D eigenvalue weighted by atomic mass is 10.0.